The highest BCUT2D eigenvalue weighted by molar-refractivity contribution is 6.14. The van der Waals surface area contributed by atoms with Gasteiger partial charge in [-0.1, -0.05) is 0 Å². The normalized spacial score (nSPS) is 39.8. The summed E-state index contributed by atoms with van der Waals surface area (Å²) in [6.07, 6.45) is -6.30. The van der Waals surface area contributed by atoms with E-state index in [1.165, 1.54) is 19.1 Å². The molecule has 0 radical (unpaired) electrons. The van der Waals surface area contributed by atoms with E-state index in [0.717, 1.165) is 0 Å². The van der Waals surface area contributed by atoms with Crippen LogP contribution in [0.25, 0.3) is 21.7 Å². The molecule has 2 aromatic carbocycles. The van der Waals surface area contributed by atoms with Gasteiger partial charge in [0, 0.05) is 34.4 Å². The molecule has 9 atom stereocenters. The zero-order chi connectivity index (χ0) is 28.0. The zero-order valence-corrected chi connectivity index (χ0v) is 21.8. The Morgan fingerprint density at radius 3 is 2.50 bits per heavy atom. The van der Waals surface area contributed by atoms with Crippen LogP contribution in [0.15, 0.2) is 27.4 Å². The molecular weight excluding hydrogens is 524 g/mol. The topological polar surface area (TPSA) is 172 Å². The van der Waals surface area contributed by atoms with Crippen LogP contribution in [-0.2, 0) is 29.3 Å². The summed E-state index contributed by atoms with van der Waals surface area (Å²) >= 11 is 0. The fourth-order valence-corrected chi connectivity index (χ4v) is 6.83. The second-order valence-corrected chi connectivity index (χ2v) is 11.7. The number of hydrogen-bond acceptors (Lipinski definition) is 11. The Kier molecular flexibility index (Phi) is 4.64. The fourth-order valence-electron chi connectivity index (χ4n) is 6.83. The Morgan fingerprint density at radius 2 is 1.80 bits per heavy atom. The summed E-state index contributed by atoms with van der Waals surface area (Å²) in [4.78, 5) is 39.3. The summed E-state index contributed by atoms with van der Waals surface area (Å²) in [5.74, 6) is -1.01. The van der Waals surface area contributed by atoms with Crippen LogP contribution < -0.4 is 5.43 Å². The van der Waals surface area contributed by atoms with Gasteiger partial charge in [0.2, 0.25) is 0 Å². The minimum atomic E-state index is -1.57. The summed E-state index contributed by atoms with van der Waals surface area (Å²) in [7, 11) is 0. The van der Waals surface area contributed by atoms with Crippen molar-refractivity contribution >= 4 is 33.3 Å². The van der Waals surface area contributed by atoms with Gasteiger partial charge >= 0.3 is 0 Å². The van der Waals surface area contributed by atoms with Gasteiger partial charge in [-0.15, -0.1) is 0 Å². The number of benzene rings is 2. The Morgan fingerprint density at radius 1 is 1.05 bits per heavy atom. The number of Topliss-reactive ketones (excluding diaryl/α,β-unsaturated/α-hetero) is 2. The van der Waals surface area contributed by atoms with E-state index in [1.54, 1.807) is 13.0 Å². The summed E-state index contributed by atoms with van der Waals surface area (Å²) in [5, 5.41) is 34.0. The molecule has 0 amide bonds. The number of phenolic OH excluding ortho intramolecular Hbond substituents is 1. The molecule has 3 N–H and O–H groups in total. The second kappa shape index (κ2) is 7.55. The number of carbonyl (C=O) groups is 2. The number of fused-ring (bicyclic) bond motifs is 5. The van der Waals surface area contributed by atoms with E-state index >= 15 is 0 Å². The number of rotatable bonds is 3. The first-order chi connectivity index (χ1) is 19.0. The number of aliphatic hydroxyl groups excluding tert-OH is 2. The number of carbonyl (C=O) groups excluding carboxylic acids is 2. The van der Waals surface area contributed by atoms with Crippen LogP contribution in [0.5, 0.6) is 5.75 Å². The van der Waals surface area contributed by atoms with Crippen molar-refractivity contribution in [3.05, 3.63) is 50.9 Å². The van der Waals surface area contributed by atoms with Gasteiger partial charge in [0.25, 0.3) is 0 Å². The van der Waals surface area contributed by atoms with Crippen LogP contribution in [-0.4, -0.2) is 75.7 Å². The summed E-state index contributed by atoms with van der Waals surface area (Å²) in [5.41, 5.74) is -1.96. The number of epoxide rings is 3. The number of hydrogen-bond donors (Lipinski definition) is 3. The molecular formula is C29H26O11. The van der Waals surface area contributed by atoms with E-state index in [1.807, 2.05) is 6.92 Å². The number of ketones is 2. The maximum atomic E-state index is 13.6. The van der Waals surface area contributed by atoms with E-state index in [4.69, 9.17) is 23.4 Å². The first-order valence-corrected chi connectivity index (χ1v) is 13.3. The van der Waals surface area contributed by atoms with Gasteiger partial charge in [0.15, 0.2) is 34.3 Å². The lowest BCUT2D eigenvalue weighted by molar-refractivity contribution is -0.169. The van der Waals surface area contributed by atoms with Crippen molar-refractivity contribution in [2.75, 3.05) is 6.61 Å². The summed E-state index contributed by atoms with van der Waals surface area (Å²) in [6, 6.07) is 4.53. The molecule has 40 heavy (non-hydrogen) atoms. The van der Waals surface area contributed by atoms with Gasteiger partial charge in [-0.25, -0.2) is 0 Å². The lowest BCUT2D eigenvalue weighted by Gasteiger charge is -2.38. The largest absolute Gasteiger partial charge is 0.507 e. The Balaban J connectivity index is 1.30. The van der Waals surface area contributed by atoms with Gasteiger partial charge in [-0.2, -0.15) is 0 Å². The molecule has 3 aromatic rings. The van der Waals surface area contributed by atoms with Gasteiger partial charge in [-0.05, 0) is 38.5 Å². The van der Waals surface area contributed by atoms with E-state index in [2.05, 4.69) is 0 Å². The number of aliphatic hydroxyl groups is 2. The highest BCUT2D eigenvalue weighted by Gasteiger charge is 2.74. The predicted molar refractivity (Wildman–Crippen MR) is 135 cm³/mol. The molecule has 0 spiro atoms. The minimum absolute atomic E-state index is 0.0298. The van der Waals surface area contributed by atoms with Crippen molar-refractivity contribution in [3.63, 3.8) is 0 Å². The standard InChI is InChI=1S/C29H26O11/c1-9-4-11-12(24-19(9)14(30)6-17(38-24)28(3)26(39-28)16-8-36-16)5-13-20(22(11)33)25(35)29(27(40-29)23(13)34)18-7-15(31)21(32)10(2)37-18/h4-6,10,16,18,21,25-27,32-33,35H,7-8H2,1-3H3/t10-,16-,18+,21-,25+,26-,27-,28-,29-/m1/s1. The van der Waals surface area contributed by atoms with Crippen molar-refractivity contribution in [2.45, 2.75) is 81.1 Å². The van der Waals surface area contributed by atoms with E-state index in [-0.39, 0.29) is 51.9 Å². The lowest BCUT2D eigenvalue weighted by atomic mass is 9.74. The molecule has 5 heterocycles. The quantitative estimate of drug-likeness (QED) is 0.318. The number of aryl methyl sites for hydroxylation is 1. The van der Waals surface area contributed by atoms with Crippen molar-refractivity contribution in [1.29, 1.82) is 0 Å². The van der Waals surface area contributed by atoms with Crippen LogP contribution >= 0.6 is 0 Å². The fraction of sp³-hybridized carbons (Fsp3) is 0.483. The molecule has 4 aliphatic heterocycles. The third-order valence-electron chi connectivity index (χ3n) is 9.29. The molecule has 5 aliphatic rings. The van der Waals surface area contributed by atoms with Crippen LogP contribution in [0.2, 0.25) is 0 Å². The highest BCUT2D eigenvalue weighted by atomic mass is 16.7. The van der Waals surface area contributed by atoms with Crippen LogP contribution in [0, 0.1) is 6.92 Å². The van der Waals surface area contributed by atoms with Gasteiger partial charge in [-0.3, -0.25) is 14.4 Å². The molecule has 0 bridgehead atoms. The van der Waals surface area contributed by atoms with Crippen LogP contribution in [0.4, 0.5) is 0 Å². The molecule has 11 nitrogen and oxygen atoms in total. The third kappa shape index (κ3) is 2.97. The predicted octanol–water partition coefficient (Wildman–Crippen LogP) is 1.45. The summed E-state index contributed by atoms with van der Waals surface area (Å²) < 4.78 is 29.1. The first kappa shape index (κ1) is 24.6. The summed E-state index contributed by atoms with van der Waals surface area (Å²) in [6.45, 7) is 5.64. The molecule has 0 saturated carbocycles. The smallest absolute Gasteiger partial charge is 0.195 e. The molecule has 1 aliphatic carbocycles. The Bertz CT molecular complexity index is 1750. The average Bonchev–Trinajstić information content (AvgIpc) is 3.79. The van der Waals surface area contributed by atoms with E-state index in [9.17, 15) is 29.7 Å². The van der Waals surface area contributed by atoms with Crippen molar-refractivity contribution in [2.24, 2.45) is 0 Å². The second-order valence-electron chi connectivity index (χ2n) is 11.7. The monoisotopic (exact) mass is 550 g/mol. The Hall–Kier alpha value is -3.19. The van der Waals surface area contributed by atoms with Crippen molar-refractivity contribution in [1.82, 2.24) is 0 Å². The van der Waals surface area contributed by atoms with Crippen LogP contribution in [0.1, 0.15) is 53.6 Å². The highest BCUT2D eigenvalue weighted by Crippen LogP contribution is 2.60. The molecule has 1 aromatic heterocycles. The number of aromatic hydroxyl groups is 1. The zero-order valence-electron chi connectivity index (χ0n) is 21.8. The minimum Gasteiger partial charge on any atom is -0.507 e. The van der Waals surface area contributed by atoms with E-state index in [0.29, 0.717) is 28.7 Å². The average molecular weight is 551 g/mol. The molecule has 8 rings (SSSR count). The van der Waals surface area contributed by atoms with Gasteiger partial charge in [0.05, 0.1) is 24.2 Å². The third-order valence-corrected chi connectivity index (χ3v) is 9.29. The van der Waals surface area contributed by atoms with E-state index < -0.39 is 53.3 Å². The molecule has 208 valence electrons. The lowest BCUT2D eigenvalue weighted by Crippen LogP contribution is -2.53. The molecule has 4 fully saturated rings. The molecule has 0 unspecified atom stereocenters. The van der Waals surface area contributed by atoms with Crippen LogP contribution in [0.3, 0.4) is 0 Å². The van der Waals surface area contributed by atoms with Gasteiger partial charge in [0.1, 0.15) is 41.5 Å². The SMILES string of the molecule is Cc1cc2c(O)c3c(cc2c2oc([C@@]4(C)O[C@@H]4[C@H]4CO4)cc(=O)c12)C(=O)[C@H]1O[C@]1([C@@H]1CC(=O)[C@H](O)[C@@H](C)O1)[C@H]3O. The van der Waals surface area contributed by atoms with Crippen molar-refractivity contribution < 1.29 is 48.3 Å². The molecule has 11 heteroatoms. The maximum Gasteiger partial charge on any atom is 0.195 e. The maximum absolute atomic E-state index is 13.6. The molecule has 4 saturated heterocycles. The number of phenols is 1. The van der Waals surface area contributed by atoms with Gasteiger partial charge < -0.3 is 38.7 Å². The van der Waals surface area contributed by atoms with Crippen molar-refractivity contribution in [3.8, 4) is 5.75 Å². The first-order valence-electron chi connectivity index (χ1n) is 13.3. The number of ether oxygens (including phenoxy) is 4. The Labute approximate surface area is 226 Å².